The zero-order valence-corrected chi connectivity index (χ0v) is 16.2. The first-order chi connectivity index (χ1) is 11.3. The van der Waals surface area contributed by atoms with Crippen LogP contribution in [0.1, 0.15) is 60.8 Å². The number of ketones is 1. The third-order valence-electron chi connectivity index (χ3n) is 6.49. The van der Waals surface area contributed by atoms with Gasteiger partial charge >= 0.3 is 5.97 Å². The highest BCUT2D eigenvalue weighted by molar-refractivity contribution is 5.87. The van der Waals surface area contributed by atoms with E-state index in [9.17, 15) is 19.8 Å². The quantitative estimate of drug-likeness (QED) is 0.602. The van der Waals surface area contributed by atoms with Gasteiger partial charge in [-0.25, -0.2) is 0 Å². The Labute approximate surface area is 150 Å². The first-order valence-electron chi connectivity index (χ1n) is 9.10. The van der Waals surface area contributed by atoms with Gasteiger partial charge < -0.3 is 14.9 Å². The van der Waals surface area contributed by atoms with E-state index in [4.69, 9.17) is 4.74 Å². The number of esters is 1. The second-order valence-electron chi connectivity index (χ2n) is 9.02. The Kier molecular flexibility index (Phi) is 5.24. The summed E-state index contributed by atoms with van der Waals surface area (Å²) in [5.74, 6) is -1.08. The molecule has 0 aromatic rings. The molecule has 2 N–H and O–H groups in total. The number of carbonyl (C=O) groups is 2. The van der Waals surface area contributed by atoms with Crippen LogP contribution in [-0.2, 0) is 14.3 Å². The standard InChI is InChI=1S/C20H32O5/c1-12(21)8-9-14-19(5)11-7-10-18(3,4)16(19)15(25-13(2)22)17(23)20(14,6)24/h8-9,14-17,23-24H,7,10-11H2,1-6H3/b9-8+/t14-,15-,16-,17+,19-,20+/m1/s1. The van der Waals surface area contributed by atoms with Crippen LogP contribution in [0.3, 0.4) is 0 Å². The largest absolute Gasteiger partial charge is 0.459 e. The van der Waals surface area contributed by atoms with E-state index in [1.165, 1.54) is 19.9 Å². The maximum atomic E-state index is 11.7. The molecule has 142 valence electrons. The number of ether oxygens (including phenoxy) is 1. The number of aliphatic hydroxyl groups excluding tert-OH is 1. The number of allylic oxidation sites excluding steroid dienone is 1. The van der Waals surface area contributed by atoms with E-state index in [1.54, 1.807) is 13.0 Å². The lowest BCUT2D eigenvalue weighted by Crippen LogP contribution is -2.70. The van der Waals surface area contributed by atoms with Crippen molar-refractivity contribution in [2.24, 2.45) is 22.7 Å². The van der Waals surface area contributed by atoms with Gasteiger partial charge in [-0.1, -0.05) is 33.3 Å². The van der Waals surface area contributed by atoms with Crippen molar-refractivity contribution in [2.75, 3.05) is 0 Å². The van der Waals surface area contributed by atoms with Crippen LogP contribution in [0.5, 0.6) is 0 Å². The molecule has 0 aliphatic heterocycles. The number of carbonyl (C=O) groups excluding carboxylic acids is 2. The van der Waals surface area contributed by atoms with Crippen molar-refractivity contribution in [3.05, 3.63) is 12.2 Å². The summed E-state index contributed by atoms with van der Waals surface area (Å²) >= 11 is 0. The van der Waals surface area contributed by atoms with Gasteiger partial charge in [0.05, 0.1) is 5.60 Å². The molecule has 5 nitrogen and oxygen atoms in total. The lowest BCUT2D eigenvalue weighted by atomic mass is 9.44. The van der Waals surface area contributed by atoms with E-state index in [0.717, 1.165) is 19.3 Å². The van der Waals surface area contributed by atoms with Crippen LogP contribution in [0.15, 0.2) is 12.2 Å². The molecule has 5 heteroatoms. The lowest BCUT2D eigenvalue weighted by molar-refractivity contribution is -0.261. The summed E-state index contributed by atoms with van der Waals surface area (Å²) in [7, 11) is 0. The van der Waals surface area contributed by atoms with E-state index in [0.29, 0.717) is 0 Å². The fraction of sp³-hybridized carbons (Fsp3) is 0.800. The molecule has 0 aromatic heterocycles. The Morgan fingerprint density at radius 2 is 1.72 bits per heavy atom. The number of fused-ring (bicyclic) bond motifs is 1. The van der Waals surface area contributed by atoms with Crippen molar-refractivity contribution in [2.45, 2.75) is 78.6 Å². The summed E-state index contributed by atoms with van der Waals surface area (Å²) in [6.07, 6.45) is 4.02. The lowest BCUT2D eigenvalue weighted by Gasteiger charge is -2.63. The Hall–Kier alpha value is -1.20. The summed E-state index contributed by atoms with van der Waals surface area (Å²) in [6.45, 7) is 10.7. The van der Waals surface area contributed by atoms with E-state index in [1.807, 2.05) is 0 Å². The van der Waals surface area contributed by atoms with Gasteiger partial charge in [-0.3, -0.25) is 9.59 Å². The zero-order valence-electron chi connectivity index (χ0n) is 16.2. The SMILES string of the molecule is CC(=O)/C=C/[C@H]1[C@](C)(O)[C@@H](O)[C@H](OC(C)=O)[C@@H]2C(C)(C)CCC[C@@]21C. The van der Waals surface area contributed by atoms with Crippen molar-refractivity contribution in [1.29, 1.82) is 0 Å². The topological polar surface area (TPSA) is 83.8 Å². The first-order valence-corrected chi connectivity index (χ1v) is 9.10. The van der Waals surface area contributed by atoms with Gasteiger partial charge in [-0.05, 0) is 43.6 Å². The Bertz CT molecular complexity index is 577. The van der Waals surface area contributed by atoms with Crippen LogP contribution in [0, 0.1) is 22.7 Å². The molecule has 0 aromatic carbocycles. The average Bonchev–Trinajstić information content (AvgIpc) is 2.42. The summed E-state index contributed by atoms with van der Waals surface area (Å²) in [5, 5.41) is 22.1. The highest BCUT2D eigenvalue weighted by atomic mass is 16.6. The molecule has 0 saturated heterocycles. The molecular formula is C20H32O5. The minimum absolute atomic E-state index is 0.0948. The van der Waals surface area contributed by atoms with Crippen molar-refractivity contribution in [1.82, 2.24) is 0 Å². The molecule has 0 heterocycles. The second kappa shape index (κ2) is 6.51. The number of hydrogen-bond donors (Lipinski definition) is 2. The van der Waals surface area contributed by atoms with Crippen molar-refractivity contribution < 1.29 is 24.5 Å². The van der Waals surface area contributed by atoms with Crippen LogP contribution in [0.4, 0.5) is 0 Å². The summed E-state index contributed by atoms with van der Waals surface area (Å²) < 4.78 is 5.54. The van der Waals surface area contributed by atoms with Gasteiger partial charge in [-0.2, -0.15) is 0 Å². The minimum atomic E-state index is -1.50. The number of rotatable bonds is 3. The molecular weight excluding hydrogens is 320 g/mol. The Morgan fingerprint density at radius 1 is 1.12 bits per heavy atom. The average molecular weight is 352 g/mol. The normalized spacial score (nSPS) is 43.5. The van der Waals surface area contributed by atoms with Gasteiger partial charge in [-0.15, -0.1) is 0 Å². The molecule has 0 radical (unpaired) electrons. The maximum absolute atomic E-state index is 11.7. The molecule has 2 fully saturated rings. The van der Waals surface area contributed by atoms with Gasteiger partial charge in [0.25, 0.3) is 0 Å². The minimum Gasteiger partial charge on any atom is -0.459 e. The zero-order chi connectivity index (χ0) is 19.2. The molecule has 25 heavy (non-hydrogen) atoms. The van der Waals surface area contributed by atoms with Crippen molar-refractivity contribution in [3.63, 3.8) is 0 Å². The molecule has 0 amide bonds. The third kappa shape index (κ3) is 3.41. The molecule has 0 bridgehead atoms. The third-order valence-corrected chi connectivity index (χ3v) is 6.49. The number of aliphatic hydroxyl groups is 2. The Balaban J connectivity index is 2.61. The van der Waals surface area contributed by atoms with E-state index in [2.05, 4.69) is 20.8 Å². The van der Waals surface area contributed by atoms with Crippen LogP contribution in [-0.4, -0.2) is 39.8 Å². The smallest absolute Gasteiger partial charge is 0.303 e. The second-order valence-corrected chi connectivity index (χ2v) is 9.02. The highest BCUT2D eigenvalue weighted by Crippen LogP contribution is 2.62. The number of hydrogen-bond acceptors (Lipinski definition) is 5. The molecule has 6 atom stereocenters. The van der Waals surface area contributed by atoms with Crippen LogP contribution >= 0.6 is 0 Å². The highest BCUT2D eigenvalue weighted by Gasteiger charge is 2.65. The molecule has 2 aliphatic rings. The van der Waals surface area contributed by atoms with Crippen molar-refractivity contribution in [3.8, 4) is 0 Å². The summed E-state index contributed by atoms with van der Waals surface area (Å²) in [6, 6.07) is 0. The fourth-order valence-electron chi connectivity index (χ4n) is 5.63. The molecule has 0 unspecified atom stereocenters. The first kappa shape index (κ1) is 20.1. The van der Waals surface area contributed by atoms with Crippen LogP contribution in [0.2, 0.25) is 0 Å². The van der Waals surface area contributed by atoms with Crippen LogP contribution < -0.4 is 0 Å². The summed E-state index contributed by atoms with van der Waals surface area (Å²) in [4.78, 5) is 23.2. The maximum Gasteiger partial charge on any atom is 0.303 e. The Morgan fingerprint density at radius 3 is 2.24 bits per heavy atom. The van der Waals surface area contributed by atoms with Gasteiger partial charge in [0.15, 0.2) is 5.78 Å². The summed E-state index contributed by atoms with van der Waals surface area (Å²) in [5.41, 5.74) is -2.05. The van der Waals surface area contributed by atoms with E-state index >= 15 is 0 Å². The van der Waals surface area contributed by atoms with Crippen LogP contribution in [0.25, 0.3) is 0 Å². The van der Waals surface area contributed by atoms with Gasteiger partial charge in [0.2, 0.25) is 0 Å². The monoisotopic (exact) mass is 352 g/mol. The van der Waals surface area contributed by atoms with E-state index in [-0.39, 0.29) is 17.1 Å². The predicted molar refractivity (Wildman–Crippen MR) is 94.7 cm³/mol. The molecule has 2 saturated carbocycles. The predicted octanol–water partition coefficient (Wildman–Crippen LogP) is 2.64. The van der Waals surface area contributed by atoms with Crippen molar-refractivity contribution >= 4 is 11.8 Å². The van der Waals surface area contributed by atoms with Gasteiger partial charge in [0.1, 0.15) is 12.2 Å². The molecule has 2 rings (SSSR count). The molecule has 2 aliphatic carbocycles. The molecule has 0 spiro atoms. The van der Waals surface area contributed by atoms with Gasteiger partial charge in [0, 0.05) is 18.8 Å². The fourth-order valence-corrected chi connectivity index (χ4v) is 5.63. The van der Waals surface area contributed by atoms with E-state index < -0.39 is 35.1 Å².